The monoisotopic (exact) mass is 272 g/mol. The third-order valence-corrected chi connectivity index (χ3v) is 5.65. The number of rotatable bonds is 3. The van der Waals surface area contributed by atoms with E-state index in [4.69, 9.17) is 0 Å². The summed E-state index contributed by atoms with van der Waals surface area (Å²) in [5.41, 5.74) is -0.839. The van der Waals surface area contributed by atoms with Gasteiger partial charge in [0.05, 0.1) is 0 Å². The summed E-state index contributed by atoms with van der Waals surface area (Å²) in [6.45, 7) is 0. The van der Waals surface area contributed by atoms with Gasteiger partial charge in [-0.2, -0.15) is 0 Å². The molecule has 0 unspecified atom stereocenters. The summed E-state index contributed by atoms with van der Waals surface area (Å²) in [7, 11) is 0. The van der Waals surface area contributed by atoms with Gasteiger partial charge in [-0.1, -0.05) is 0 Å². The van der Waals surface area contributed by atoms with Gasteiger partial charge in [-0.3, -0.25) is 0 Å². The van der Waals surface area contributed by atoms with E-state index < -0.39 is 5.67 Å². The van der Waals surface area contributed by atoms with Crippen molar-refractivity contribution in [1.82, 2.24) is 0 Å². The first-order chi connectivity index (χ1) is 7.29. The van der Waals surface area contributed by atoms with Gasteiger partial charge in [0, 0.05) is 0 Å². The van der Waals surface area contributed by atoms with Gasteiger partial charge < -0.3 is 0 Å². The number of halogens is 1. The van der Waals surface area contributed by atoms with Crippen molar-refractivity contribution in [2.75, 3.05) is 0 Å². The fourth-order valence-corrected chi connectivity index (χ4v) is 4.29. The van der Waals surface area contributed by atoms with Crippen molar-refractivity contribution in [3.8, 4) is 0 Å². The Morgan fingerprint density at radius 3 is 2.40 bits per heavy atom. The van der Waals surface area contributed by atoms with Gasteiger partial charge in [0.1, 0.15) is 0 Å². The van der Waals surface area contributed by atoms with Crippen LogP contribution in [0.3, 0.4) is 0 Å². The molecule has 0 bridgehead atoms. The summed E-state index contributed by atoms with van der Waals surface area (Å²) in [6.07, 6.45) is 4.98. The first-order valence-corrected chi connectivity index (χ1v) is 7.72. The Kier molecular flexibility index (Phi) is 3.82. The van der Waals surface area contributed by atoms with E-state index in [9.17, 15) is 4.39 Å². The summed E-state index contributed by atoms with van der Waals surface area (Å²) >= 11 is 0.313. The molecule has 0 heterocycles. The summed E-state index contributed by atoms with van der Waals surface area (Å²) in [4.78, 5) is 0. The van der Waals surface area contributed by atoms with Crippen LogP contribution in [0.5, 0.6) is 0 Å². The van der Waals surface area contributed by atoms with Crippen molar-refractivity contribution in [1.29, 1.82) is 0 Å². The molecule has 1 aromatic carbocycles. The molecule has 1 fully saturated rings. The zero-order valence-corrected chi connectivity index (χ0v) is 10.6. The molecule has 0 N–H and O–H groups in total. The number of hydrogen-bond acceptors (Lipinski definition) is 0. The van der Waals surface area contributed by atoms with Gasteiger partial charge in [0.25, 0.3) is 0 Å². The molecule has 0 saturated heterocycles. The molecule has 1 aliphatic rings. The van der Waals surface area contributed by atoms with Crippen LogP contribution in [-0.4, -0.2) is 20.6 Å². The number of benzene rings is 1. The van der Waals surface area contributed by atoms with Crippen LogP contribution in [0, 0.1) is 0 Å². The van der Waals surface area contributed by atoms with Gasteiger partial charge >= 0.3 is 97.2 Å². The van der Waals surface area contributed by atoms with E-state index >= 15 is 0 Å². The molecular weight excluding hydrogens is 254 g/mol. The van der Waals surface area contributed by atoms with E-state index in [1.54, 1.807) is 0 Å². The van der Waals surface area contributed by atoms with Crippen LogP contribution >= 0.6 is 0 Å². The average Bonchev–Trinajstić information content (AvgIpc) is 2.29. The second-order valence-electron chi connectivity index (χ2n) is 4.31. The quantitative estimate of drug-likeness (QED) is 0.741. The van der Waals surface area contributed by atoms with Gasteiger partial charge in [-0.05, 0) is 0 Å². The zero-order chi connectivity index (χ0) is 10.6. The predicted octanol–water partition coefficient (Wildman–Crippen LogP) is 3.11. The molecule has 2 rings (SSSR count). The van der Waals surface area contributed by atoms with Crippen molar-refractivity contribution in [2.45, 2.75) is 43.1 Å². The molecule has 0 radical (unpaired) electrons. The molecule has 0 aliphatic heterocycles. The molecule has 0 aromatic heterocycles. The summed E-state index contributed by atoms with van der Waals surface area (Å²) in [6, 6.07) is 10.3. The molecule has 15 heavy (non-hydrogen) atoms. The van der Waals surface area contributed by atoms with Crippen LogP contribution in [0.15, 0.2) is 30.3 Å². The van der Waals surface area contributed by atoms with Crippen molar-refractivity contribution in [3.05, 3.63) is 30.3 Å². The van der Waals surface area contributed by atoms with Crippen LogP contribution in [-0.2, 0) is 0 Å². The van der Waals surface area contributed by atoms with Crippen LogP contribution in [0.1, 0.15) is 32.1 Å². The minimum atomic E-state index is -0.839. The van der Waals surface area contributed by atoms with E-state index in [0.717, 1.165) is 31.0 Å². The molecule has 0 nitrogen and oxygen atoms in total. The second-order valence-corrected chi connectivity index (χ2v) is 6.51. The average molecular weight is 271 g/mol. The van der Waals surface area contributed by atoms with E-state index in [-0.39, 0.29) is 0 Å². The summed E-state index contributed by atoms with van der Waals surface area (Å²) < 4.78 is 15.6. The van der Waals surface area contributed by atoms with Crippen LogP contribution in [0.4, 0.5) is 4.39 Å². The summed E-state index contributed by atoms with van der Waals surface area (Å²) in [5, 5.41) is 0.768. The normalized spacial score (nSPS) is 20.1. The Morgan fingerprint density at radius 1 is 1.07 bits per heavy atom. The SMILES string of the molecule is FC1(C[Se]c2ccccc2)CCCCC1. The molecular formula is C13H17FSe. The Labute approximate surface area is 97.4 Å². The minimum absolute atomic E-state index is 0.313. The first kappa shape index (κ1) is 11.2. The summed E-state index contributed by atoms with van der Waals surface area (Å²) in [5.74, 6) is 0. The standard InChI is InChI=1S/C13H17FSe/c14-13(9-5-2-6-10-13)11-15-12-7-3-1-4-8-12/h1,3-4,7-8H,2,5-6,9-11H2. The Balaban J connectivity index is 1.87. The van der Waals surface area contributed by atoms with E-state index in [2.05, 4.69) is 12.1 Å². The maximum absolute atomic E-state index is 14.3. The fourth-order valence-electron chi connectivity index (χ4n) is 2.06. The Bertz CT molecular complexity index is 291. The molecule has 0 spiro atoms. The van der Waals surface area contributed by atoms with E-state index in [0.29, 0.717) is 15.0 Å². The van der Waals surface area contributed by atoms with Gasteiger partial charge in [0.2, 0.25) is 0 Å². The van der Waals surface area contributed by atoms with Gasteiger partial charge in [-0.25, -0.2) is 0 Å². The zero-order valence-electron chi connectivity index (χ0n) is 8.92. The van der Waals surface area contributed by atoms with E-state index in [1.807, 2.05) is 18.2 Å². The number of hydrogen-bond donors (Lipinski definition) is 0. The second kappa shape index (κ2) is 5.14. The van der Waals surface area contributed by atoms with Crippen molar-refractivity contribution in [2.24, 2.45) is 0 Å². The maximum atomic E-state index is 14.3. The van der Waals surface area contributed by atoms with Crippen molar-refractivity contribution >= 4 is 19.4 Å². The molecule has 2 heteroatoms. The van der Waals surface area contributed by atoms with Crippen LogP contribution < -0.4 is 4.46 Å². The molecule has 0 atom stereocenters. The molecule has 0 amide bonds. The van der Waals surface area contributed by atoms with Gasteiger partial charge in [0.15, 0.2) is 0 Å². The topological polar surface area (TPSA) is 0 Å². The van der Waals surface area contributed by atoms with Crippen LogP contribution in [0.2, 0.25) is 5.32 Å². The predicted molar refractivity (Wildman–Crippen MR) is 63.6 cm³/mol. The van der Waals surface area contributed by atoms with Crippen molar-refractivity contribution in [3.63, 3.8) is 0 Å². The van der Waals surface area contributed by atoms with Crippen LogP contribution in [0.25, 0.3) is 0 Å². The third kappa shape index (κ3) is 3.32. The van der Waals surface area contributed by atoms with E-state index in [1.165, 1.54) is 10.9 Å². The van der Waals surface area contributed by atoms with Gasteiger partial charge in [-0.15, -0.1) is 0 Å². The molecule has 1 aromatic rings. The Hall–Kier alpha value is -0.331. The van der Waals surface area contributed by atoms with Crippen molar-refractivity contribution < 1.29 is 4.39 Å². The first-order valence-electron chi connectivity index (χ1n) is 5.65. The fraction of sp³-hybridized carbons (Fsp3) is 0.538. The molecule has 1 aliphatic carbocycles. The number of alkyl halides is 1. The molecule has 82 valence electrons. The third-order valence-electron chi connectivity index (χ3n) is 2.99. The molecule has 1 saturated carbocycles. The Morgan fingerprint density at radius 2 is 1.73 bits per heavy atom.